The summed E-state index contributed by atoms with van der Waals surface area (Å²) in [4.78, 5) is 12.6. The van der Waals surface area contributed by atoms with Gasteiger partial charge in [0.25, 0.3) is 15.9 Å². The number of aromatic nitrogens is 2. The van der Waals surface area contributed by atoms with Gasteiger partial charge in [0.15, 0.2) is 0 Å². The Morgan fingerprint density at radius 1 is 1.22 bits per heavy atom. The number of anilines is 2. The second kappa shape index (κ2) is 10.7. The summed E-state index contributed by atoms with van der Waals surface area (Å²) in [6.45, 7) is 5.79. The quantitative estimate of drug-likeness (QED) is 0.396. The normalized spacial score (nSPS) is 11.2. The Morgan fingerprint density at radius 3 is 2.66 bits per heavy atom. The smallest absolute Gasteiger partial charge is 0.266 e. The average Bonchev–Trinajstić information content (AvgIpc) is 3.23. The molecule has 0 fully saturated rings. The molecule has 0 radical (unpaired) electrons. The van der Waals surface area contributed by atoms with Crippen molar-refractivity contribution >= 4 is 49.7 Å². The van der Waals surface area contributed by atoms with E-state index in [4.69, 9.17) is 11.6 Å². The highest BCUT2D eigenvalue weighted by Gasteiger charge is 2.27. The Bertz CT molecular complexity index is 1200. The summed E-state index contributed by atoms with van der Waals surface area (Å²) in [6.07, 6.45) is 4.31. The minimum Gasteiger partial charge on any atom is -0.296 e. The maximum absolute atomic E-state index is 13.4. The molecule has 1 aromatic heterocycles. The van der Waals surface area contributed by atoms with Crippen molar-refractivity contribution in [1.29, 1.82) is 0 Å². The van der Waals surface area contributed by atoms with E-state index in [0.29, 0.717) is 10.8 Å². The molecule has 0 aliphatic rings. The van der Waals surface area contributed by atoms with Gasteiger partial charge in [-0.05, 0) is 36.8 Å². The number of hydrogen-bond acceptors (Lipinski definition) is 6. The first kappa shape index (κ1) is 23.9. The van der Waals surface area contributed by atoms with E-state index in [0.717, 1.165) is 24.3 Å². The summed E-state index contributed by atoms with van der Waals surface area (Å²) in [5, 5.41) is 12.0. The molecule has 0 aliphatic carbocycles. The number of carbonyl (C=O) groups is 1. The largest absolute Gasteiger partial charge is 0.296 e. The van der Waals surface area contributed by atoms with Crippen LogP contribution in [0.15, 0.2) is 66.1 Å². The van der Waals surface area contributed by atoms with Crippen molar-refractivity contribution in [3.05, 3.63) is 76.8 Å². The molecular weight excluding hydrogens is 468 g/mol. The summed E-state index contributed by atoms with van der Waals surface area (Å²) in [5.41, 5.74) is 0.608. The van der Waals surface area contributed by atoms with Crippen LogP contribution in [0.3, 0.4) is 0 Å². The number of nitrogens with zero attached hydrogens (tertiary/aromatic N) is 3. The molecule has 0 saturated carbocycles. The molecule has 0 aliphatic heterocycles. The molecule has 1 heterocycles. The van der Waals surface area contributed by atoms with Gasteiger partial charge in [-0.1, -0.05) is 60.6 Å². The number of halogens is 1. The van der Waals surface area contributed by atoms with Gasteiger partial charge in [-0.15, -0.1) is 16.8 Å². The van der Waals surface area contributed by atoms with Crippen molar-refractivity contribution in [1.82, 2.24) is 10.2 Å². The maximum Gasteiger partial charge on any atom is 0.266 e. The lowest BCUT2D eigenvalue weighted by molar-refractivity contribution is 0.102. The minimum atomic E-state index is -4.06. The molecule has 1 N–H and O–H groups in total. The summed E-state index contributed by atoms with van der Waals surface area (Å²) in [7, 11) is -4.06. The van der Waals surface area contributed by atoms with Crippen molar-refractivity contribution in [3.8, 4) is 0 Å². The fraction of sp³-hybridized carbons (Fsp3) is 0.227. The summed E-state index contributed by atoms with van der Waals surface area (Å²) in [6, 6.07) is 12.8. The number of aryl methyl sites for hydroxylation is 1. The van der Waals surface area contributed by atoms with Crippen LogP contribution >= 0.6 is 22.9 Å². The predicted molar refractivity (Wildman–Crippen MR) is 129 cm³/mol. The zero-order valence-corrected chi connectivity index (χ0v) is 19.9. The SMILES string of the molecule is C=CCN(c1ccccc1)S(=O)(=O)c1cc(C(=O)Nc2nnc(CCCC)s2)ccc1Cl. The molecule has 0 unspecified atom stereocenters. The standard InChI is InChI=1S/C22H23ClN4O3S2/c1-3-5-11-20-25-26-22(31-20)24-21(28)16-12-13-18(23)19(15-16)32(29,30)27(14-4-2)17-9-7-6-8-10-17/h4,6-10,12-13,15H,2-3,5,11,14H2,1H3,(H,24,26,28). The van der Waals surface area contributed by atoms with Gasteiger partial charge in [0.1, 0.15) is 9.90 Å². The lowest BCUT2D eigenvalue weighted by Gasteiger charge is -2.24. The zero-order chi connectivity index (χ0) is 23.1. The number of unbranched alkanes of at least 4 members (excludes halogenated alkanes) is 1. The minimum absolute atomic E-state index is 0.0179. The van der Waals surface area contributed by atoms with Crippen molar-refractivity contribution < 1.29 is 13.2 Å². The number of carbonyl (C=O) groups excluding carboxylic acids is 1. The van der Waals surface area contributed by atoms with Gasteiger partial charge in [-0.25, -0.2) is 8.42 Å². The van der Waals surface area contributed by atoms with Gasteiger partial charge in [0.2, 0.25) is 5.13 Å². The van der Waals surface area contributed by atoms with Crippen LogP contribution in [0, 0.1) is 0 Å². The van der Waals surface area contributed by atoms with E-state index >= 15 is 0 Å². The van der Waals surface area contributed by atoms with Gasteiger partial charge in [-0.2, -0.15) is 0 Å². The first-order valence-electron chi connectivity index (χ1n) is 9.98. The van der Waals surface area contributed by atoms with E-state index in [1.54, 1.807) is 30.3 Å². The topological polar surface area (TPSA) is 92.3 Å². The molecule has 32 heavy (non-hydrogen) atoms. The highest BCUT2D eigenvalue weighted by atomic mass is 35.5. The maximum atomic E-state index is 13.4. The first-order valence-corrected chi connectivity index (χ1v) is 12.6. The Labute approximate surface area is 196 Å². The van der Waals surface area contributed by atoms with Crippen LogP contribution in [0.5, 0.6) is 0 Å². The lowest BCUT2D eigenvalue weighted by Crippen LogP contribution is -2.31. The van der Waals surface area contributed by atoms with Gasteiger partial charge >= 0.3 is 0 Å². The molecule has 0 bridgehead atoms. The molecular formula is C22H23ClN4O3S2. The van der Waals surface area contributed by atoms with Gasteiger partial charge in [0, 0.05) is 12.0 Å². The number of rotatable bonds is 10. The second-order valence-electron chi connectivity index (χ2n) is 6.86. The molecule has 1 amide bonds. The fourth-order valence-corrected chi connectivity index (χ4v) is 5.63. The van der Waals surface area contributed by atoms with Gasteiger partial charge < -0.3 is 0 Å². The van der Waals surface area contributed by atoms with E-state index in [-0.39, 0.29) is 22.0 Å². The third-order valence-corrected chi connectivity index (χ3v) is 7.71. The molecule has 7 nitrogen and oxygen atoms in total. The van der Waals surface area contributed by atoms with Crippen LogP contribution in [-0.2, 0) is 16.4 Å². The molecule has 0 spiro atoms. The number of sulfonamides is 1. The van der Waals surface area contributed by atoms with E-state index in [9.17, 15) is 13.2 Å². The van der Waals surface area contributed by atoms with Crippen molar-refractivity contribution in [3.63, 3.8) is 0 Å². The molecule has 0 atom stereocenters. The number of benzene rings is 2. The average molecular weight is 491 g/mol. The van der Waals surface area contributed by atoms with Gasteiger partial charge in [-0.3, -0.25) is 14.4 Å². The van der Waals surface area contributed by atoms with Gasteiger partial charge in [0.05, 0.1) is 17.3 Å². The fourth-order valence-electron chi connectivity index (χ4n) is 2.92. The van der Waals surface area contributed by atoms with Crippen LogP contribution in [0.1, 0.15) is 35.1 Å². The number of amides is 1. The zero-order valence-electron chi connectivity index (χ0n) is 17.5. The highest BCUT2D eigenvalue weighted by Crippen LogP contribution is 2.30. The number of hydrogen-bond donors (Lipinski definition) is 1. The van der Waals surface area contributed by atoms with Crippen molar-refractivity contribution in [2.45, 2.75) is 31.1 Å². The monoisotopic (exact) mass is 490 g/mol. The third-order valence-electron chi connectivity index (χ3n) is 4.53. The van der Waals surface area contributed by atoms with E-state index in [2.05, 4.69) is 29.0 Å². The Kier molecular flexibility index (Phi) is 8.00. The molecule has 3 rings (SSSR count). The van der Waals surface area contributed by atoms with E-state index in [1.165, 1.54) is 39.9 Å². The Morgan fingerprint density at radius 2 is 1.97 bits per heavy atom. The second-order valence-corrected chi connectivity index (χ2v) is 10.2. The van der Waals surface area contributed by atoms with Crippen LogP contribution in [0.25, 0.3) is 0 Å². The van der Waals surface area contributed by atoms with Crippen LogP contribution in [0.2, 0.25) is 5.02 Å². The lowest BCUT2D eigenvalue weighted by atomic mass is 10.2. The van der Waals surface area contributed by atoms with Crippen molar-refractivity contribution in [2.24, 2.45) is 0 Å². The third kappa shape index (κ3) is 5.53. The summed E-state index contributed by atoms with van der Waals surface area (Å²) < 4.78 is 28.0. The van der Waals surface area contributed by atoms with E-state index < -0.39 is 15.9 Å². The molecule has 0 saturated heterocycles. The molecule has 3 aromatic rings. The number of nitrogens with one attached hydrogen (secondary N) is 1. The van der Waals surface area contributed by atoms with Crippen LogP contribution < -0.4 is 9.62 Å². The van der Waals surface area contributed by atoms with E-state index in [1.807, 2.05) is 0 Å². The van der Waals surface area contributed by atoms with Crippen molar-refractivity contribution in [2.75, 3.05) is 16.2 Å². The van der Waals surface area contributed by atoms with Crippen LogP contribution in [0.4, 0.5) is 10.8 Å². The molecule has 2 aromatic carbocycles. The Balaban J connectivity index is 1.89. The molecule has 168 valence electrons. The first-order chi connectivity index (χ1) is 15.4. The summed E-state index contributed by atoms with van der Waals surface area (Å²) >= 11 is 7.55. The number of para-hydroxylation sites is 1. The molecule has 10 heteroatoms. The predicted octanol–water partition coefficient (Wildman–Crippen LogP) is 5.17. The Hall–Kier alpha value is -2.75. The highest BCUT2D eigenvalue weighted by molar-refractivity contribution is 7.93. The summed E-state index contributed by atoms with van der Waals surface area (Å²) in [5.74, 6) is -0.494. The van der Waals surface area contributed by atoms with Crippen LogP contribution in [-0.4, -0.2) is 31.1 Å².